The number of thiazole rings is 1. The number of aliphatic imine (C=N–C) groups is 1. The van der Waals surface area contributed by atoms with Crippen molar-refractivity contribution in [2.24, 2.45) is 9.36 Å². The molecular formula is C21H17N3S3. The molecule has 6 heteroatoms. The summed E-state index contributed by atoms with van der Waals surface area (Å²) < 4.78 is 6.15. The fraction of sp³-hybridized carbons (Fsp3) is 0.0476. The average Bonchev–Trinajstić information content (AvgIpc) is 3.14. The Kier molecular flexibility index (Phi) is 5.77. The molecule has 0 amide bonds. The summed E-state index contributed by atoms with van der Waals surface area (Å²) in [5.41, 5.74) is 0.979. The van der Waals surface area contributed by atoms with Crippen molar-refractivity contribution in [2.75, 3.05) is 6.26 Å². The highest BCUT2D eigenvalue weighted by Crippen LogP contribution is 2.29. The highest BCUT2D eigenvalue weighted by molar-refractivity contribution is 8.13. The first-order valence-electron chi connectivity index (χ1n) is 8.38. The first-order valence-corrected chi connectivity index (χ1v) is 11.6. The standard InChI is InChI=1S/C21H17N3S3/c1-25-21(23-20-22-18-14-8-9-15-19(18)26-20)24-27(16-10-4-2-5-11-16)17-12-6-3-7-13-17/h2-15H,1H3/b23-21+. The molecule has 4 aromatic rings. The number of nitrogens with zero attached hydrogens (tertiary/aromatic N) is 3. The number of hydrogen-bond donors (Lipinski definition) is 0. The van der Waals surface area contributed by atoms with Crippen LogP contribution in [-0.2, 0) is 10.7 Å². The number of benzene rings is 3. The van der Waals surface area contributed by atoms with Crippen LogP contribution in [0.15, 0.2) is 104 Å². The van der Waals surface area contributed by atoms with Crippen LogP contribution < -0.4 is 0 Å². The van der Waals surface area contributed by atoms with Crippen molar-refractivity contribution in [3.05, 3.63) is 84.9 Å². The Morgan fingerprint density at radius 1 is 0.852 bits per heavy atom. The zero-order valence-corrected chi connectivity index (χ0v) is 17.1. The van der Waals surface area contributed by atoms with Crippen molar-refractivity contribution in [1.29, 1.82) is 0 Å². The van der Waals surface area contributed by atoms with Gasteiger partial charge in [-0.3, -0.25) is 0 Å². The molecule has 0 unspecified atom stereocenters. The third-order valence-electron chi connectivity index (χ3n) is 3.76. The predicted octanol–water partition coefficient (Wildman–Crippen LogP) is 6.57. The maximum absolute atomic E-state index is 5.01. The van der Waals surface area contributed by atoms with Crippen molar-refractivity contribution in [2.45, 2.75) is 9.79 Å². The maximum Gasteiger partial charge on any atom is 0.212 e. The minimum atomic E-state index is -0.422. The van der Waals surface area contributed by atoms with Crippen LogP contribution in [-0.4, -0.2) is 16.4 Å². The molecule has 0 atom stereocenters. The molecule has 134 valence electrons. The maximum atomic E-state index is 5.01. The number of fused-ring (bicyclic) bond motifs is 1. The van der Waals surface area contributed by atoms with Gasteiger partial charge in [0.05, 0.1) is 10.2 Å². The molecule has 0 aliphatic rings. The summed E-state index contributed by atoms with van der Waals surface area (Å²) in [7, 11) is -0.422. The van der Waals surface area contributed by atoms with Gasteiger partial charge in [0.1, 0.15) is 0 Å². The van der Waals surface area contributed by atoms with Crippen LogP contribution in [0.2, 0.25) is 0 Å². The van der Waals surface area contributed by atoms with Crippen LogP contribution in [0.5, 0.6) is 0 Å². The van der Waals surface area contributed by atoms with E-state index in [9.17, 15) is 0 Å². The van der Waals surface area contributed by atoms with E-state index in [4.69, 9.17) is 9.36 Å². The SMILES string of the molecule is CS/C(N=S(c1ccccc1)c1ccccc1)=N/c1nc2ccccc2s1. The van der Waals surface area contributed by atoms with Gasteiger partial charge in [-0.2, -0.15) is 9.36 Å². The molecule has 1 heterocycles. The van der Waals surface area contributed by atoms with Crippen LogP contribution in [0.3, 0.4) is 0 Å². The zero-order valence-electron chi connectivity index (χ0n) is 14.6. The molecule has 1 aromatic heterocycles. The topological polar surface area (TPSA) is 37.6 Å². The van der Waals surface area contributed by atoms with Crippen LogP contribution in [0.25, 0.3) is 10.2 Å². The first kappa shape index (κ1) is 18.1. The van der Waals surface area contributed by atoms with Crippen LogP contribution in [0.1, 0.15) is 0 Å². The summed E-state index contributed by atoms with van der Waals surface area (Å²) >= 11 is 3.14. The summed E-state index contributed by atoms with van der Waals surface area (Å²) in [4.78, 5) is 11.7. The van der Waals surface area contributed by atoms with E-state index in [0.29, 0.717) is 0 Å². The Morgan fingerprint density at radius 2 is 1.44 bits per heavy atom. The molecule has 0 aliphatic carbocycles. The number of thioether (sulfide) groups is 1. The van der Waals surface area contributed by atoms with Gasteiger partial charge in [-0.15, -0.1) is 0 Å². The third-order valence-corrected chi connectivity index (χ3v) is 7.15. The summed E-state index contributed by atoms with van der Waals surface area (Å²) in [6.45, 7) is 0. The van der Waals surface area contributed by atoms with Gasteiger partial charge in [0, 0.05) is 9.79 Å². The normalized spacial score (nSPS) is 11.9. The second kappa shape index (κ2) is 8.61. The van der Waals surface area contributed by atoms with Crippen molar-refractivity contribution < 1.29 is 0 Å². The van der Waals surface area contributed by atoms with Gasteiger partial charge in [0.25, 0.3) is 0 Å². The molecule has 0 spiro atoms. The van der Waals surface area contributed by atoms with Gasteiger partial charge in [-0.1, -0.05) is 71.6 Å². The molecule has 0 bridgehead atoms. The number of hydrogen-bond acceptors (Lipinski definition) is 4. The zero-order chi connectivity index (χ0) is 18.5. The minimum absolute atomic E-state index is 0.422. The smallest absolute Gasteiger partial charge is 0.212 e. The summed E-state index contributed by atoms with van der Waals surface area (Å²) in [5.74, 6) is 0. The van der Waals surface area contributed by atoms with Crippen molar-refractivity contribution in [3.63, 3.8) is 0 Å². The lowest BCUT2D eigenvalue weighted by atomic mass is 10.3. The van der Waals surface area contributed by atoms with E-state index in [0.717, 1.165) is 20.5 Å². The lowest BCUT2D eigenvalue weighted by Gasteiger charge is -2.09. The van der Waals surface area contributed by atoms with Crippen LogP contribution in [0, 0.1) is 0 Å². The molecule has 0 N–H and O–H groups in total. The van der Waals surface area contributed by atoms with Gasteiger partial charge in [-0.05, 0) is 53.3 Å². The molecule has 0 fully saturated rings. The van der Waals surface area contributed by atoms with E-state index in [1.165, 1.54) is 9.79 Å². The highest BCUT2D eigenvalue weighted by Gasteiger charge is 2.08. The largest absolute Gasteiger partial charge is 0.218 e. The number of amidine groups is 1. The predicted molar refractivity (Wildman–Crippen MR) is 119 cm³/mol. The minimum Gasteiger partial charge on any atom is -0.218 e. The lowest BCUT2D eigenvalue weighted by Crippen LogP contribution is -1.97. The first-order chi connectivity index (χ1) is 13.3. The van der Waals surface area contributed by atoms with E-state index in [-0.39, 0.29) is 0 Å². The van der Waals surface area contributed by atoms with Crippen LogP contribution in [0.4, 0.5) is 5.13 Å². The second-order valence-corrected chi connectivity index (χ2v) is 9.04. The lowest BCUT2D eigenvalue weighted by molar-refractivity contribution is 1.37. The molecule has 3 nitrogen and oxygen atoms in total. The number of rotatable bonds is 3. The van der Waals surface area contributed by atoms with Crippen molar-refractivity contribution in [1.82, 2.24) is 4.98 Å². The molecule has 0 saturated heterocycles. The van der Waals surface area contributed by atoms with Gasteiger partial charge in [0.2, 0.25) is 5.13 Å². The Balaban J connectivity index is 1.79. The van der Waals surface area contributed by atoms with Crippen molar-refractivity contribution >= 4 is 54.3 Å². The molecule has 4 rings (SSSR count). The Morgan fingerprint density at radius 3 is 2.04 bits per heavy atom. The third kappa shape index (κ3) is 4.35. The van der Waals surface area contributed by atoms with Crippen LogP contribution >= 0.6 is 23.1 Å². The summed E-state index contributed by atoms with van der Waals surface area (Å²) in [5, 5.41) is 1.49. The molecule has 0 aliphatic heterocycles. The van der Waals surface area contributed by atoms with Gasteiger partial charge < -0.3 is 0 Å². The van der Waals surface area contributed by atoms with Gasteiger partial charge in [-0.25, -0.2) is 4.98 Å². The van der Waals surface area contributed by atoms with E-state index >= 15 is 0 Å². The monoisotopic (exact) mass is 407 g/mol. The van der Waals surface area contributed by atoms with Crippen molar-refractivity contribution in [3.8, 4) is 0 Å². The molecule has 0 saturated carbocycles. The quantitative estimate of drug-likeness (QED) is 0.285. The fourth-order valence-electron chi connectivity index (χ4n) is 2.51. The van der Waals surface area contributed by atoms with E-state index < -0.39 is 10.7 Å². The molecule has 0 radical (unpaired) electrons. The van der Waals surface area contributed by atoms with E-state index in [1.54, 1.807) is 23.1 Å². The molecule has 3 aromatic carbocycles. The van der Waals surface area contributed by atoms with Gasteiger partial charge in [0.15, 0.2) is 5.17 Å². The Labute approximate surface area is 169 Å². The Hall–Kier alpha value is -2.28. The van der Waals surface area contributed by atoms with Gasteiger partial charge >= 0.3 is 0 Å². The highest BCUT2D eigenvalue weighted by atomic mass is 32.2. The van der Waals surface area contributed by atoms with E-state index in [1.807, 2.05) is 36.6 Å². The van der Waals surface area contributed by atoms with E-state index in [2.05, 4.69) is 59.6 Å². The average molecular weight is 408 g/mol. The molecule has 27 heavy (non-hydrogen) atoms. The fourth-order valence-corrected chi connectivity index (χ4v) is 5.62. The second-order valence-electron chi connectivity index (χ2n) is 5.56. The number of para-hydroxylation sites is 1. The Bertz CT molecular complexity index is 1030. The summed E-state index contributed by atoms with van der Waals surface area (Å²) in [6.07, 6.45) is 2.01. The molecular weight excluding hydrogens is 390 g/mol. The number of aromatic nitrogens is 1. The summed E-state index contributed by atoms with van der Waals surface area (Å²) in [6, 6.07) is 28.9.